The molecule has 0 bridgehead atoms. The zero-order valence-corrected chi connectivity index (χ0v) is 28.5. The lowest BCUT2D eigenvalue weighted by molar-refractivity contribution is 0.0511. The first-order chi connectivity index (χ1) is 20.0. The number of hydrogen-bond acceptors (Lipinski definition) is 4. The van der Waals surface area contributed by atoms with E-state index in [-0.39, 0.29) is 5.60 Å². The number of thioether (sulfide) groups is 1. The number of aromatic nitrogens is 2. The second kappa shape index (κ2) is 14.6. The van der Waals surface area contributed by atoms with E-state index in [9.17, 15) is 5.11 Å². The average molecular weight is 593 g/mol. The summed E-state index contributed by atoms with van der Waals surface area (Å²) < 4.78 is 6.84. The maximum absolute atomic E-state index is 11.2. The number of fused-ring (bicyclic) bond motifs is 2. The molecule has 0 saturated heterocycles. The van der Waals surface area contributed by atoms with Gasteiger partial charge in [0, 0.05) is 16.9 Å². The van der Waals surface area contributed by atoms with Crippen LogP contribution in [0.5, 0.6) is 11.5 Å². The Kier molecular flexibility index (Phi) is 11.4. The van der Waals surface area contributed by atoms with E-state index in [0.717, 1.165) is 75.6 Å². The van der Waals surface area contributed by atoms with Crippen LogP contribution < -0.4 is 4.74 Å². The first kappa shape index (κ1) is 32.8. The van der Waals surface area contributed by atoms with Crippen LogP contribution >= 0.6 is 11.8 Å². The summed E-state index contributed by atoms with van der Waals surface area (Å²) in [6.45, 7) is 18.1. The number of aryl methyl sites for hydroxylation is 1. The second-order valence-corrected chi connectivity index (χ2v) is 15.1. The van der Waals surface area contributed by atoms with Crippen molar-refractivity contribution in [3.63, 3.8) is 0 Å². The Morgan fingerprint density at radius 2 is 1.62 bits per heavy atom. The number of aromatic hydroxyl groups is 1. The third kappa shape index (κ3) is 8.49. The Morgan fingerprint density at radius 1 is 0.952 bits per heavy atom. The van der Waals surface area contributed by atoms with E-state index in [0.29, 0.717) is 11.5 Å². The first-order valence-electron chi connectivity index (χ1n) is 16.6. The van der Waals surface area contributed by atoms with Crippen molar-refractivity contribution in [2.24, 2.45) is 17.8 Å². The largest absolute Gasteiger partial charge is 0.507 e. The van der Waals surface area contributed by atoms with Crippen LogP contribution in [0, 0.1) is 38.5 Å². The third-order valence-electron chi connectivity index (χ3n) is 9.68. The number of benzene rings is 2. The molecular formula is C37H56N2O2S. The third-order valence-corrected chi connectivity index (χ3v) is 10.6. The van der Waals surface area contributed by atoms with E-state index in [2.05, 4.69) is 71.6 Å². The molecule has 0 spiro atoms. The molecule has 42 heavy (non-hydrogen) atoms. The lowest BCUT2D eigenvalue weighted by atomic mass is 9.83. The van der Waals surface area contributed by atoms with Gasteiger partial charge in [-0.05, 0) is 100.0 Å². The molecule has 2 heterocycles. The molecule has 2 aromatic carbocycles. The van der Waals surface area contributed by atoms with Crippen molar-refractivity contribution in [3.8, 4) is 11.5 Å². The highest BCUT2D eigenvalue weighted by molar-refractivity contribution is 7.98. The van der Waals surface area contributed by atoms with Crippen LogP contribution in [-0.2, 0) is 12.2 Å². The van der Waals surface area contributed by atoms with E-state index in [1.807, 2.05) is 6.92 Å². The molecule has 0 saturated carbocycles. The molecule has 5 heteroatoms. The van der Waals surface area contributed by atoms with Gasteiger partial charge < -0.3 is 14.8 Å². The monoisotopic (exact) mass is 592 g/mol. The van der Waals surface area contributed by atoms with Gasteiger partial charge in [0.1, 0.15) is 17.1 Å². The van der Waals surface area contributed by atoms with Gasteiger partial charge in [0.25, 0.3) is 0 Å². The molecule has 4 rings (SSSR count). The van der Waals surface area contributed by atoms with Crippen molar-refractivity contribution < 1.29 is 9.84 Å². The fourth-order valence-electron chi connectivity index (χ4n) is 6.61. The van der Waals surface area contributed by atoms with Gasteiger partial charge in [0.2, 0.25) is 0 Å². The summed E-state index contributed by atoms with van der Waals surface area (Å²) in [6, 6.07) is 6.30. The van der Waals surface area contributed by atoms with E-state index in [4.69, 9.17) is 9.72 Å². The fraction of sp³-hybridized carbons (Fsp3) is 0.649. The molecule has 1 aromatic heterocycles. The maximum atomic E-state index is 11.2. The quantitative estimate of drug-likeness (QED) is 0.172. The topological polar surface area (TPSA) is 58.1 Å². The lowest BCUT2D eigenvalue weighted by Crippen LogP contribution is -2.37. The minimum atomic E-state index is -0.146. The van der Waals surface area contributed by atoms with Crippen LogP contribution in [0.3, 0.4) is 0 Å². The predicted molar refractivity (Wildman–Crippen MR) is 180 cm³/mol. The first-order valence-corrected chi connectivity index (χ1v) is 17.6. The zero-order chi connectivity index (χ0) is 30.4. The highest BCUT2D eigenvalue weighted by Gasteiger charge is 2.35. The van der Waals surface area contributed by atoms with Crippen LogP contribution in [0.4, 0.5) is 0 Å². The highest BCUT2D eigenvalue weighted by atomic mass is 32.2. The molecule has 1 aliphatic rings. The van der Waals surface area contributed by atoms with Crippen LogP contribution in [0.25, 0.3) is 11.0 Å². The Morgan fingerprint density at radius 3 is 2.31 bits per heavy atom. The second-order valence-electron chi connectivity index (χ2n) is 14.1. The van der Waals surface area contributed by atoms with Crippen molar-refractivity contribution in [1.82, 2.24) is 9.97 Å². The summed E-state index contributed by atoms with van der Waals surface area (Å²) in [5.74, 6) is 4.57. The van der Waals surface area contributed by atoms with Crippen molar-refractivity contribution in [1.29, 1.82) is 0 Å². The number of rotatable bonds is 15. The minimum Gasteiger partial charge on any atom is -0.507 e. The van der Waals surface area contributed by atoms with Gasteiger partial charge in [0.15, 0.2) is 5.16 Å². The number of phenolic OH excluding ortho intramolecular Hbond substituents is 1. The molecule has 2 N–H and O–H groups in total. The minimum absolute atomic E-state index is 0.146. The maximum Gasteiger partial charge on any atom is 0.166 e. The van der Waals surface area contributed by atoms with Crippen LogP contribution in [0.2, 0.25) is 0 Å². The van der Waals surface area contributed by atoms with Crippen molar-refractivity contribution in [3.05, 3.63) is 46.0 Å². The predicted octanol–water partition coefficient (Wildman–Crippen LogP) is 11.0. The summed E-state index contributed by atoms with van der Waals surface area (Å²) in [5.41, 5.74) is 7.30. The summed E-state index contributed by atoms with van der Waals surface area (Å²) >= 11 is 1.65. The molecule has 3 atom stereocenters. The molecule has 0 fully saturated rings. The van der Waals surface area contributed by atoms with Gasteiger partial charge in [0.05, 0.1) is 11.0 Å². The van der Waals surface area contributed by atoms with Gasteiger partial charge in [-0.2, -0.15) is 0 Å². The normalized spacial score (nSPS) is 18.3. The number of aromatic amines is 1. The van der Waals surface area contributed by atoms with Crippen molar-refractivity contribution in [2.45, 2.75) is 143 Å². The molecule has 232 valence electrons. The molecular weight excluding hydrogens is 536 g/mol. The standard InChI is InChI=1S/C37H56N2O2S/c1-24(2)12-9-13-25(3)14-10-15-26(4)16-11-20-37(8)21-19-30-31(34(40)28(6)29(7)35(30)41-37)23-42-36-38-32-18-17-27(5)22-33(32)39-36/h17-18,22,24-26,40H,9-16,19-21,23H2,1-8H3,(H,38,39). The number of hydrogen-bond donors (Lipinski definition) is 2. The Labute approximate surface area is 259 Å². The SMILES string of the molecule is Cc1ccc2[nH]c(SCc3c(O)c(C)c(C)c4c3CCC(C)(CCCC(C)CCCC(C)CCCC(C)C)O4)nc2c1. The Hall–Kier alpha value is -2.14. The van der Waals surface area contributed by atoms with Gasteiger partial charge in [-0.15, -0.1) is 0 Å². The summed E-state index contributed by atoms with van der Waals surface area (Å²) in [7, 11) is 0. The molecule has 0 amide bonds. The summed E-state index contributed by atoms with van der Waals surface area (Å²) in [4.78, 5) is 8.21. The fourth-order valence-corrected chi connectivity index (χ4v) is 7.54. The van der Waals surface area contributed by atoms with Crippen LogP contribution in [0.1, 0.15) is 127 Å². The van der Waals surface area contributed by atoms with Crippen molar-refractivity contribution in [2.75, 3.05) is 0 Å². The van der Waals surface area contributed by atoms with E-state index in [1.54, 1.807) is 11.8 Å². The molecule has 3 unspecified atom stereocenters. The average Bonchev–Trinajstić information content (AvgIpc) is 3.34. The zero-order valence-electron chi connectivity index (χ0n) is 27.7. The Bertz CT molecular complexity index is 1330. The number of nitrogens with one attached hydrogen (secondary N) is 1. The summed E-state index contributed by atoms with van der Waals surface area (Å²) in [6.07, 6.45) is 13.7. The molecule has 0 radical (unpaired) electrons. The number of phenols is 1. The molecule has 1 aliphatic heterocycles. The van der Waals surface area contributed by atoms with Gasteiger partial charge >= 0.3 is 0 Å². The van der Waals surface area contributed by atoms with Crippen LogP contribution in [-0.4, -0.2) is 20.7 Å². The smallest absolute Gasteiger partial charge is 0.166 e. The van der Waals surface area contributed by atoms with Crippen molar-refractivity contribution >= 4 is 22.8 Å². The molecule has 4 nitrogen and oxygen atoms in total. The van der Waals surface area contributed by atoms with E-state index < -0.39 is 0 Å². The van der Waals surface area contributed by atoms with Crippen LogP contribution in [0.15, 0.2) is 23.4 Å². The van der Waals surface area contributed by atoms with Gasteiger partial charge in [-0.3, -0.25) is 0 Å². The van der Waals surface area contributed by atoms with E-state index in [1.165, 1.54) is 62.5 Å². The number of ether oxygens (including phenoxy) is 1. The lowest BCUT2D eigenvalue weighted by Gasteiger charge is -2.38. The highest BCUT2D eigenvalue weighted by Crippen LogP contribution is 2.46. The Balaban J connectivity index is 1.31. The molecule has 3 aromatic rings. The van der Waals surface area contributed by atoms with Gasteiger partial charge in [-0.25, -0.2) is 4.98 Å². The number of H-pyrrole nitrogens is 1. The van der Waals surface area contributed by atoms with Gasteiger partial charge in [-0.1, -0.05) is 90.5 Å². The molecule has 0 aliphatic carbocycles. The number of imidazole rings is 1. The number of nitrogens with zero attached hydrogens (tertiary/aromatic N) is 1. The summed E-state index contributed by atoms with van der Waals surface area (Å²) in [5, 5.41) is 12.1. The van der Waals surface area contributed by atoms with E-state index >= 15 is 0 Å².